The van der Waals surface area contributed by atoms with Crippen LogP contribution in [0.1, 0.15) is 179 Å². The van der Waals surface area contributed by atoms with Crippen molar-refractivity contribution >= 4 is 0 Å². The molecule has 1 aromatic rings. The maximum atomic E-state index is 10.9. The third-order valence-corrected chi connectivity index (χ3v) is 7.69. The lowest BCUT2D eigenvalue weighted by Crippen LogP contribution is -2.05. The van der Waals surface area contributed by atoms with E-state index in [1.54, 1.807) is 0 Å². The lowest BCUT2D eigenvalue weighted by molar-refractivity contribution is 0.435. The van der Waals surface area contributed by atoms with Gasteiger partial charge in [-0.1, -0.05) is 155 Å². The maximum Gasteiger partial charge on any atom is 0.119 e. The Bertz CT molecular complexity index is 564. The maximum absolute atomic E-state index is 10.9. The lowest BCUT2D eigenvalue weighted by atomic mass is 9.83. The predicted octanol–water partition coefficient (Wildman–Crippen LogP) is 11.7. The van der Waals surface area contributed by atoms with Gasteiger partial charge in [0.05, 0.1) is 0 Å². The number of phenols is 1. The van der Waals surface area contributed by atoms with E-state index in [9.17, 15) is 5.11 Å². The molecule has 0 aromatic heterocycles. The molecule has 0 radical (unpaired) electrons. The van der Waals surface area contributed by atoms with Crippen LogP contribution in [0.2, 0.25) is 0 Å². The Balaban J connectivity index is 2.61. The molecular formula is C33H60O. The molecule has 0 saturated heterocycles. The zero-order valence-electron chi connectivity index (χ0n) is 23.5. The molecule has 1 heteroatoms. The number of phenolic OH excluding ortho intramolecular Hbond substituents is 1. The van der Waals surface area contributed by atoms with Crippen molar-refractivity contribution in [1.82, 2.24) is 0 Å². The standard InChI is InChI=1S/C33H60O/c1-4-7-10-13-15-16-17-20-23-26-30(25-22-19-14-11-8-5-2)33-31(28-24-29-32(33)34)27-21-18-12-9-6-3/h24,28-30,34H,4-23,25-27H2,1-3H3. The molecule has 1 unspecified atom stereocenters. The number of aryl methyl sites for hydroxylation is 1. The van der Waals surface area contributed by atoms with E-state index in [0.717, 1.165) is 6.42 Å². The largest absolute Gasteiger partial charge is 0.508 e. The Morgan fingerprint density at radius 1 is 0.529 bits per heavy atom. The molecule has 0 saturated carbocycles. The van der Waals surface area contributed by atoms with Crippen LogP contribution in [-0.2, 0) is 6.42 Å². The zero-order chi connectivity index (χ0) is 24.7. The first-order chi connectivity index (χ1) is 16.7. The summed E-state index contributed by atoms with van der Waals surface area (Å²) in [5.41, 5.74) is 2.74. The minimum Gasteiger partial charge on any atom is -0.508 e. The molecule has 0 amide bonds. The highest BCUT2D eigenvalue weighted by Crippen LogP contribution is 2.37. The van der Waals surface area contributed by atoms with Gasteiger partial charge in [-0.25, -0.2) is 0 Å². The van der Waals surface area contributed by atoms with Gasteiger partial charge in [-0.05, 0) is 43.2 Å². The molecule has 0 aliphatic rings. The first kappa shape index (κ1) is 31.1. The summed E-state index contributed by atoms with van der Waals surface area (Å²) < 4.78 is 0. The molecule has 34 heavy (non-hydrogen) atoms. The monoisotopic (exact) mass is 472 g/mol. The van der Waals surface area contributed by atoms with Crippen LogP contribution < -0.4 is 0 Å². The number of hydrogen-bond acceptors (Lipinski definition) is 1. The number of benzene rings is 1. The van der Waals surface area contributed by atoms with Crippen molar-refractivity contribution in [3.05, 3.63) is 29.3 Å². The van der Waals surface area contributed by atoms with E-state index in [2.05, 4.69) is 32.9 Å². The van der Waals surface area contributed by atoms with Crippen molar-refractivity contribution in [2.24, 2.45) is 0 Å². The predicted molar refractivity (Wildman–Crippen MR) is 153 cm³/mol. The molecule has 1 atom stereocenters. The fourth-order valence-corrected chi connectivity index (χ4v) is 5.51. The van der Waals surface area contributed by atoms with Crippen LogP contribution in [0.25, 0.3) is 0 Å². The lowest BCUT2D eigenvalue weighted by Gasteiger charge is -2.22. The fourth-order valence-electron chi connectivity index (χ4n) is 5.51. The highest BCUT2D eigenvalue weighted by molar-refractivity contribution is 5.42. The van der Waals surface area contributed by atoms with Crippen LogP contribution in [0.15, 0.2) is 18.2 Å². The van der Waals surface area contributed by atoms with Crippen molar-refractivity contribution in [3.63, 3.8) is 0 Å². The minimum absolute atomic E-state index is 0.544. The van der Waals surface area contributed by atoms with E-state index in [1.165, 1.54) is 152 Å². The van der Waals surface area contributed by atoms with Gasteiger partial charge in [0.15, 0.2) is 0 Å². The molecule has 1 N–H and O–H groups in total. The van der Waals surface area contributed by atoms with Gasteiger partial charge in [0.2, 0.25) is 0 Å². The fraction of sp³-hybridized carbons (Fsp3) is 0.818. The Hall–Kier alpha value is -0.980. The average molecular weight is 473 g/mol. The summed E-state index contributed by atoms with van der Waals surface area (Å²) in [5.74, 6) is 1.11. The summed E-state index contributed by atoms with van der Waals surface area (Å²) in [7, 11) is 0. The van der Waals surface area contributed by atoms with Crippen molar-refractivity contribution in [3.8, 4) is 5.75 Å². The van der Waals surface area contributed by atoms with Crippen LogP contribution >= 0.6 is 0 Å². The van der Waals surface area contributed by atoms with E-state index in [4.69, 9.17) is 0 Å². The normalized spacial score (nSPS) is 12.3. The molecule has 0 spiro atoms. The van der Waals surface area contributed by atoms with Gasteiger partial charge in [-0.3, -0.25) is 0 Å². The number of aromatic hydroxyl groups is 1. The molecular weight excluding hydrogens is 412 g/mol. The van der Waals surface area contributed by atoms with Crippen LogP contribution in [-0.4, -0.2) is 5.11 Å². The van der Waals surface area contributed by atoms with Crippen molar-refractivity contribution in [2.75, 3.05) is 0 Å². The van der Waals surface area contributed by atoms with E-state index in [0.29, 0.717) is 11.7 Å². The SMILES string of the molecule is CCCCCCCCCCCC(CCCCCCCC)c1c(O)cccc1CCCCCCC. The van der Waals surface area contributed by atoms with Gasteiger partial charge in [0, 0.05) is 5.56 Å². The second-order valence-corrected chi connectivity index (χ2v) is 10.9. The second kappa shape index (κ2) is 22.5. The quantitative estimate of drug-likeness (QED) is 0.148. The number of rotatable bonds is 24. The number of hydrogen-bond donors (Lipinski definition) is 1. The molecule has 0 aliphatic carbocycles. The third kappa shape index (κ3) is 15.1. The molecule has 198 valence electrons. The van der Waals surface area contributed by atoms with Crippen molar-refractivity contribution in [2.45, 2.75) is 174 Å². The summed E-state index contributed by atoms with van der Waals surface area (Å²) in [6, 6.07) is 6.32. The average Bonchev–Trinajstić information content (AvgIpc) is 2.84. The smallest absolute Gasteiger partial charge is 0.119 e. The summed E-state index contributed by atoms with van der Waals surface area (Å²) in [6.07, 6.45) is 30.9. The Kier molecular flexibility index (Phi) is 20.5. The van der Waals surface area contributed by atoms with E-state index in [1.807, 2.05) is 6.07 Å². The van der Waals surface area contributed by atoms with Gasteiger partial charge >= 0.3 is 0 Å². The first-order valence-electron chi connectivity index (χ1n) is 15.5. The molecule has 1 nitrogen and oxygen atoms in total. The molecule has 0 bridgehead atoms. The van der Waals surface area contributed by atoms with Crippen molar-refractivity contribution in [1.29, 1.82) is 0 Å². The molecule has 1 rings (SSSR count). The summed E-state index contributed by atoms with van der Waals surface area (Å²) in [5, 5.41) is 10.9. The summed E-state index contributed by atoms with van der Waals surface area (Å²) in [6.45, 7) is 6.87. The Morgan fingerprint density at radius 2 is 0.941 bits per heavy atom. The van der Waals surface area contributed by atoms with E-state index >= 15 is 0 Å². The van der Waals surface area contributed by atoms with Crippen molar-refractivity contribution < 1.29 is 5.11 Å². The molecule has 1 aromatic carbocycles. The third-order valence-electron chi connectivity index (χ3n) is 7.69. The second-order valence-electron chi connectivity index (χ2n) is 10.9. The molecule has 0 fully saturated rings. The first-order valence-corrected chi connectivity index (χ1v) is 15.5. The van der Waals surface area contributed by atoms with Gasteiger partial charge in [0.1, 0.15) is 5.75 Å². The van der Waals surface area contributed by atoms with Gasteiger partial charge < -0.3 is 5.11 Å². The Labute approximate surface area is 214 Å². The topological polar surface area (TPSA) is 20.2 Å². The zero-order valence-corrected chi connectivity index (χ0v) is 23.5. The minimum atomic E-state index is 0.544. The van der Waals surface area contributed by atoms with Crippen LogP contribution in [0.5, 0.6) is 5.75 Å². The summed E-state index contributed by atoms with van der Waals surface area (Å²) in [4.78, 5) is 0. The van der Waals surface area contributed by atoms with Gasteiger partial charge in [-0.2, -0.15) is 0 Å². The Morgan fingerprint density at radius 3 is 1.41 bits per heavy atom. The highest BCUT2D eigenvalue weighted by atomic mass is 16.3. The van der Waals surface area contributed by atoms with E-state index < -0.39 is 0 Å². The van der Waals surface area contributed by atoms with Crippen LogP contribution in [0.4, 0.5) is 0 Å². The van der Waals surface area contributed by atoms with E-state index in [-0.39, 0.29) is 0 Å². The summed E-state index contributed by atoms with van der Waals surface area (Å²) >= 11 is 0. The van der Waals surface area contributed by atoms with Gasteiger partial charge in [0.25, 0.3) is 0 Å². The van der Waals surface area contributed by atoms with Crippen LogP contribution in [0, 0.1) is 0 Å². The molecule has 0 aliphatic heterocycles. The number of unbranched alkanes of at least 4 members (excludes halogenated alkanes) is 17. The molecule has 0 heterocycles. The highest BCUT2D eigenvalue weighted by Gasteiger charge is 2.19. The van der Waals surface area contributed by atoms with Gasteiger partial charge in [-0.15, -0.1) is 0 Å². The van der Waals surface area contributed by atoms with Crippen LogP contribution in [0.3, 0.4) is 0 Å².